The van der Waals surface area contributed by atoms with Crippen LogP contribution in [0.3, 0.4) is 0 Å². The topological polar surface area (TPSA) is 59.3 Å². The fourth-order valence-electron chi connectivity index (χ4n) is 7.04. The second kappa shape index (κ2) is 14.3. The second-order valence-electron chi connectivity index (χ2n) is 12.0. The Morgan fingerprint density at radius 1 is 0.919 bits per heavy atom. The van der Waals surface area contributed by atoms with Gasteiger partial charge in [-0.05, 0) is 100 Å². The van der Waals surface area contributed by atoms with Gasteiger partial charge in [-0.3, -0.25) is 4.79 Å². The summed E-state index contributed by atoms with van der Waals surface area (Å²) in [6, 6.07) is 5.76. The number of hydrogen-bond acceptors (Lipinski definition) is 4. The van der Waals surface area contributed by atoms with Crippen LogP contribution in [-0.2, 0) is 9.53 Å². The molecule has 3 aliphatic carbocycles. The summed E-state index contributed by atoms with van der Waals surface area (Å²) in [6.45, 7) is 3.25. The molecule has 0 amide bonds. The minimum Gasteiger partial charge on any atom is -0.426 e. The number of hydrogen-bond donors (Lipinski definition) is 0. The number of nitrogens with zero attached hydrogens (tertiary/aromatic N) is 1. The Morgan fingerprint density at radius 3 is 2.19 bits per heavy atom. The summed E-state index contributed by atoms with van der Waals surface area (Å²) in [6.07, 6.45) is 20.2. The Bertz CT molecular complexity index is 888. The van der Waals surface area contributed by atoms with Gasteiger partial charge in [-0.25, -0.2) is 4.39 Å². The largest absolute Gasteiger partial charge is 0.426 e. The van der Waals surface area contributed by atoms with E-state index in [4.69, 9.17) is 14.7 Å². The summed E-state index contributed by atoms with van der Waals surface area (Å²) in [7, 11) is 0. The Labute approximate surface area is 223 Å². The highest BCUT2D eigenvalue weighted by molar-refractivity contribution is 5.75. The van der Waals surface area contributed by atoms with Gasteiger partial charge in [0.15, 0.2) is 0 Å². The lowest BCUT2D eigenvalue weighted by Gasteiger charge is -2.37. The van der Waals surface area contributed by atoms with Crippen LogP contribution >= 0.6 is 0 Å². The number of carbonyl (C=O) groups excluding carboxylic acids is 1. The van der Waals surface area contributed by atoms with Gasteiger partial charge in [0.25, 0.3) is 0 Å². The van der Waals surface area contributed by atoms with Crippen LogP contribution in [0.25, 0.3) is 0 Å². The number of benzene rings is 1. The summed E-state index contributed by atoms with van der Waals surface area (Å²) in [5.74, 6) is 2.34. The molecule has 5 heteroatoms. The minimum absolute atomic E-state index is 0.0410. The average molecular weight is 512 g/mol. The molecule has 0 atom stereocenters. The van der Waals surface area contributed by atoms with Crippen LogP contribution in [0.15, 0.2) is 18.2 Å². The monoisotopic (exact) mass is 511 g/mol. The number of ether oxygens (including phenoxy) is 2. The van der Waals surface area contributed by atoms with Gasteiger partial charge < -0.3 is 9.47 Å². The van der Waals surface area contributed by atoms with Gasteiger partial charge in [0, 0.05) is 12.7 Å². The zero-order valence-electron chi connectivity index (χ0n) is 22.8. The van der Waals surface area contributed by atoms with E-state index in [0.29, 0.717) is 12.0 Å². The maximum absolute atomic E-state index is 13.8. The molecule has 3 aliphatic rings. The number of esters is 1. The lowest BCUT2D eigenvalue weighted by molar-refractivity contribution is -0.140. The number of nitriles is 1. The minimum atomic E-state index is -0.652. The van der Waals surface area contributed by atoms with E-state index in [1.165, 1.54) is 89.2 Å². The van der Waals surface area contributed by atoms with Crippen LogP contribution in [0.5, 0.6) is 5.75 Å². The summed E-state index contributed by atoms with van der Waals surface area (Å²) < 4.78 is 25.7. The Kier molecular flexibility index (Phi) is 10.8. The van der Waals surface area contributed by atoms with Crippen molar-refractivity contribution in [1.82, 2.24) is 0 Å². The molecule has 0 N–H and O–H groups in total. The molecule has 4 rings (SSSR count). The maximum atomic E-state index is 13.8. The van der Waals surface area contributed by atoms with Crippen LogP contribution < -0.4 is 4.74 Å². The molecule has 0 aliphatic heterocycles. The summed E-state index contributed by atoms with van der Waals surface area (Å²) >= 11 is 0. The van der Waals surface area contributed by atoms with Crippen LogP contribution in [0.2, 0.25) is 0 Å². The van der Waals surface area contributed by atoms with Crippen molar-refractivity contribution in [2.45, 2.75) is 116 Å². The first kappa shape index (κ1) is 28.1. The molecule has 1 aromatic rings. The number of halogens is 1. The highest BCUT2D eigenvalue weighted by atomic mass is 19.1. The van der Waals surface area contributed by atoms with E-state index < -0.39 is 5.82 Å². The van der Waals surface area contributed by atoms with E-state index in [1.807, 2.05) is 0 Å². The van der Waals surface area contributed by atoms with E-state index in [9.17, 15) is 9.18 Å². The summed E-state index contributed by atoms with van der Waals surface area (Å²) in [4.78, 5) is 12.6. The van der Waals surface area contributed by atoms with Crippen LogP contribution in [0, 0.1) is 46.7 Å². The molecule has 0 spiro atoms. The molecular formula is C32H46FNO3. The molecule has 3 fully saturated rings. The molecule has 0 saturated heterocycles. The second-order valence-corrected chi connectivity index (χ2v) is 12.0. The molecule has 37 heavy (non-hydrogen) atoms. The number of carbonyl (C=O) groups is 1. The Hall–Kier alpha value is -1.93. The molecule has 4 nitrogen and oxygen atoms in total. The third-order valence-electron chi connectivity index (χ3n) is 9.52. The van der Waals surface area contributed by atoms with Gasteiger partial charge in [0.2, 0.25) is 0 Å². The van der Waals surface area contributed by atoms with Gasteiger partial charge in [-0.2, -0.15) is 5.26 Å². The first-order chi connectivity index (χ1) is 18.1. The lowest BCUT2D eigenvalue weighted by atomic mass is 9.70. The average Bonchev–Trinajstić information content (AvgIpc) is 2.93. The highest BCUT2D eigenvalue weighted by Gasteiger charge is 2.34. The van der Waals surface area contributed by atoms with Crippen molar-refractivity contribution >= 4 is 5.97 Å². The van der Waals surface area contributed by atoms with Crippen LogP contribution in [-0.4, -0.2) is 18.7 Å². The Balaban J connectivity index is 1.10. The zero-order chi connectivity index (χ0) is 26.0. The summed E-state index contributed by atoms with van der Waals surface area (Å²) in [5.41, 5.74) is -0.0410. The molecule has 3 saturated carbocycles. The van der Waals surface area contributed by atoms with E-state index >= 15 is 0 Å². The smallest absolute Gasteiger partial charge is 0.314 e. The van der Waals surface area contributed by atoms with Gasteiger partial charge in [-0.15, -0.1) is 0 Å². The van der Waals surface area contributed by atoms with E-state index in [2.05, 4.69) is 6.92 Å². The van der Waals surface area contributed by atoms with E-state index in [0.717, 1.165) is 56.1 Å². The fourth-order valence-corrected chi connectivity index (χ4v) is 7.04. The van der Waals surface area contributed by atoms with Crippen molar-refractivity contribution in [3.05, 3.63) is 29.6 Å². The molecule has 0 unspecified atom stereocenters. The van der Waals surface area contributed by atoms with Crippen LogP contribution in [0.4, 0.5) is 4.39 Å². The standard InChI is InChI=1S/C32H46FNO3/c1-2-3-4-5-23-6-8-24(9-7-23)22-36-29-17-14-26(15-18-29)25-10-12-27(13-11-25)32(35)37-30-19-16-28(21-34)31(33)20-30/h16,19-20,23-27,29H,2-15,17-18,22H2,1H3. The van der Waals surface area contributed by atoms with Crippen molar-refractivity contribution in [2.24, 2.45) is 29.6 Å². The van der Waals surface area contributed by atoms with Crippen molar-refractivity contribution < 1.29 is 18.7 Å². The number of unbranched alkanes of at least 4 members (excludes halogenated alkanes) is 2. The predicted octanol–water partition coefficient (Wildman–Crippen LogP) is 8.37. The van der Waals surface area contributed by atoms with E-state index in [-0.39, 0.29) is 23.2 Å². The van der Waals surface area contributed by atoms with Crippen LogP contribution in [0.1, 0.15) is 115 Å². The van der Waals surface area contributed by atoms with Crippen molar-refractivity contribution in [3.63, 3.8) is 0 Å². The van der Waals surface area contributed by atoms with Gasteiger partial charge in [-0.1, -0.05) is 45.4 Å². The first-order valence-electron chi connectivity index (χ1n) is 15.1. The molecular weight excluding hydrogens is 465 g/mol. The van der Waals surface area contributed by atoms with E-state index in [1.54, 1.807) is 6.07 Å². The molecule has 1 aromatic carbocycles. The SMILES string of the molecule is CCCCCC1CCC(COC2CCC(C3CCC(C(=O)Oc4ccc(C#N)c(F)c4)CC3)CC2)CC1. The Morgan fingerprint density at radius 2 is 1.57 bits per heavy atom. The van der Waals surface area contributed by atoms with Crippen molar-refractivity contribution in [3.8, 4) is 11.8 Å². The van der Waals surface area contributed by atoms with Crippen molar-refractivity contribution in [1.29, 1.82) is 5.26 Å². The van der Waals surface area contributed by atoms with Gasteiger partial charge >= 0.3 is 5.97 Å². The predicted molar refractivity (Wildman–Crippen MR) is 143 cm³/mol. The highest BCUT2D eigenvalue weighted by Crippen LogP contribution is 2.41. The van der Waals surface area contributed by atoms with Crippen molar-refractivity contribution in [2.75, 3.05) is 6.61 Å². The normalized spacial score (nSPS) is 30.4. The zero-order valence-corrected chi connectivity index (χ0v) is 22.8. The summed E-state index contributed by atoms with van der Waals surface area (Å²) in [5, 5.41) is 8.85. The third kappa shape index (κ3) is 8.28. The molecule has 204 valence electrons. The number of rotatable bonds is 10. The molecule has 0 heterocycles. The maximum Gasteiger partial charge on any atom is 0.314 e. The molecule has 0 aromatic heterocycles. The lowest BCUT2D eigenvalue weighted by Crippen LogP contribution is -2.32. The quantitative estimate of drug-likeness (QED) is 0.180. The van der Waals surface area contributed by atoms with Gasteiger partial charge in [0.05, 0.1) is 17.6 Å². The molecule has 0 bridgehead atoms. The van der Waals surface area contributed by atoms with Gasteiger partial charge in [0.1, 0.15) is 17.6 Å². The third-order valence-corrected chi connectivity index (χ3v) is 9.52. The fraction of sp³-hybridized carbons (Fsp3) is 0.750. The first-order valence-corrected chi connectivity index (χ1v) is 15.1. The molecule has 0 radical (unpaired) electrons.